The normalized spacial score (nSPS) is 23.4. The fourth-order valence-electron chi connectivity index (χ4n) is 6.71. The van der Waals surface area contributed by atoms with Gasteiger partial charge in [-0.1, -0.05) is 39.2 Å². The molecule has 31 heavy (non-hydrogen) atoms. The molecule has 4 heteroatoms. The average Bonchev–Trinajstić information content (AvgIpc) is 3.14. The lowest BCUT2D eigenvalue weighted by Crippen LogP contribution is -2.46. The van der Waals surface area contributed by atoms with Gasteiger partial charge < -0.3 is 14.6 Å². The summed E-state index contributed by atoms with van der Waals surface area (Å²) >= 11 is 0. The maximum Gasteiger partial charge on any atom is 0.0794 e. The molecule has 0 saturated heterocycles. The summed E-state index contributed by atoms with van der Waals surface area (Å²) < 4.78 is 2.63. The van der Waals surface area contributed by atoms with Gasteiger partial charge >= 0.3 is 0 Å². The van der Waals surface area contributed by atoms with E-state index >= 15 is 0 Å². The molecule has 1 aromatic heterocycles. The van der Waals surface area contributed by atoms with E-state index in [2.05, 4.69) is 46.4 Å². The molecule has 2 atom stereocenters. The lowest BCUT2D eigenvalue weighted by atomic mass is 9.83. The number of fused-ring (bicyclic) bond motifs is 3. The van der Waals surface area contributed by atoms with Crippen LogP contribution in [0.25, 0.3) is 10.9 Å². The Morgan fingerprint density at radius 1 is 1.03 bits per heavy atom. The lowest BCUT2D eigenvalue weighted by molar-refractivity contribution is 0.0439. The Morgan fingerprint density at radius 2 is 1.84 bits per heavy atom. The minimum atomic E-state index is -0.265. The summed E-state index contributed by atoms with van der Waals surface area (Å²) in [7, 11) is 0. The van der Waals surface area contributed by atoms with Crippen molar-refractivity contribution in [1.29, 1.82) is 0 Å². The van der Waals surface area contributed by atoms with Crippen molar-refractivity contribution in [2.24, 2.45) is 0 Å². The maximum absolute atomic E-state index is 10.8. The first-order valence-corrected chi connectivity index (χ1v) is 13.0. The van der Waals surface area contributed by atoms with Crippen molar-refractivity contribution in [3.63, 3.8) is 0 Å². The van der Waals surface area contributed by atoms with Gasteiger partial charge in [-0.2, -0.15) is 0 Å². The number of β-amino-alcohol motifs (C(OH)–C–C–N with tert-alkyl or cyclic N) is 1. The van der Waals surface area contributed by atoms with Gasteiger partial charge in [-0.15, -0.1) is 0 Å². The number of aliphatic hydroxyl groups excluding tert-OH is 1. The van der Waals surface area contributed by atoms with E-state index in [1.165, 1.54) is 62.3 Å². The highest BCUT2D eigenvalue weighted by atomic mass is 16.3. The second-order valence-electron chi connectivity index (χ2n) is 10.2. The van der Waals surface area contributed by atoms with E-state index in [0.717, 1.165) is 45.2 Å². The summed E-state index contributed by atoms with van der Waals surface area (Å²) in [4.78, 5) is 4.93. The first kappa shape index (κ1) is 21.5. The number of aryl methyl sites for hydroxylation is 1. The van der Waals surface area contributed by atoms with Crippen LogP contribution in [-0.4, -0.2) is 58.3 Å². The molecule has 1 saturated carbocycles. The van der Waals surface area contributed by atoms with E-state index in [4.69, 9.17) is 0 Å². The molecule has 0 radical (unpaired) electrons. The van der Waals surface area contributed by atoms with Gasteiger partial charge in [-0.25, -0.2) is 0 Å². The Hall–Kier alpha value is -1.36. The SMILES string of the molecule is CCN(CC)C[C@@H](O)CN1CCn2c3c(c4cc(C5CCCCC5)ccc42)CCC[C@@H]31. The quantitative estimate of drug-likeness (QED) is 0.673. The first-order chi connectivity index (χ1) is 15.2. The summed E-state index contributed by atoms with van der Waals surface area (Å²) in [6.45, 7) is 10.1. The number of aromatic nitrogens is 1. The largest absolute Gasteiger partial charge is 0.390 e. The summed E-state index contributed by atoms with van der Waals surface area (Å²) in [5.74, 6) is 0.772. The van der Waals surface area contributed by atoms with Crippen molar-refractivity contribution >= 4 is 10.9 Å². The van der Waals surface area contributed by atoms with Crippen molar-refractivity contribution in [3.8, 4) is 0 Å². The highest BCUT2D eigenvalue weighted by Crippen LogP contribution is 2.44. The minimum absolute atomic E-state index is 0.265. The van der Waals surface area contributed by atoms with Crippen LogP contribution in [0.4, 0.5) is 0 Å². The van der Waals surface area contributed by atoms with Crippen LogP contribution in [0.15, 0.2) is 18.2 Å². The smallest absolute Gasteiger partial charge is 0.0794 e. The van der Waals surface area contributed by atoms with E-state index in [-0.39, 0.29) is 6.10 Å². The van der Waals surface area contributed by atoms with Crippen LogP contribution in [0.2, 0.25) is 0 Å². The molecule has 1 aromatic carbocycles. The minimum Gasteiger partial charge on any atom is -0.390 e. The van der Waals surface area contributed by atoms with Crippen molar-refractivity contribution in [2.45, 2.75) is 89.8 Å². The lowest BCUT2D eigenvalue weighted by Gasteiger charge is -2.41. The molecule has 2 heterocycles. The van der Waals surface area contributed by atoms with Gasteiger partial charge in [0.2, 0.25) is 0 Å². The second-order valence-corrected chi connectivity index (χ2v) is 10.2. The number of aliphatic hydroxyl groups is 1. The summed E-state index contributed by atoms with van der Waals surface area (Å²) in [5.41, 5.74) is 6.23. The van der Waals surface area contributed by atoms with Crippen LogP contribution in [-0.2, 0) is 13.0 Å². The molecule has 0 spiro atoms. The third-order valence-electron chi connectivity index (χ3n) is 8.39. The van der Waals surface area contributed by atoms with Gasteiger partial charge in [0.05, 0.1) is 12.1 Å². The molecular weight excluding hydrogens is 382 g/mol. The Kier molecular flexibility index (Phi) is 6.41. The Labute approximate surface area is 188 Å². The monoisotopic (exact) mass is 423 g/mol. The van der Waals surface area contributed by atoms with E-state index in [1.807, 2.05) is 0 Å². The fraction of sp³-hybridized carbons (Fsp3) is 0.704. The predicted molar refractivity (Wildman–Crippen MR) is 129 cm³/mol. The number of nitrogens with zero attached hydrogens (tertiary/aromatic N) is 3. The zero-order valence-electron chi connectivity index (χ0n) is 19.7. The summed E-state index contributed by atoms with van der Waals surface area (Å²) in [6, 6.07) is 7.91. The average molecular weight is 424 g/mol. The number of rotatable bonds is 7. The number of likely N-dealkylation sites (N-methyl/N-ethyl adjacent to an activating group) is 1. The van der Waals surface area contributed by atoms with Crippen LogP contribution >= 0.6 is 0 Å². The molecule has 1 N–H and O–H groups in total. The van der Waals surface area contributed by atoms with E-state index in [0.29, 0.717) is 6.04 Å². The predicted octanol–water partition coefficient (Wildman–Crippen LogP) is 5.08. The van der Waals surface area contributed by atoms with Crippen LogP contribution < -0.4 is 0 Å². The molecule has 2 aromatic rings. The second kappa shape index (κ2) is 9.25. The molecule has 4 nitrogen and oxygen atoms in total. The van der Waals surface area contributed by atoms with Gasteiger partial charge in [0.25, 0.3) is 0 Å². The van der Waals surface area contributed by atoms with Gasteiger partial charge in [-0.3, -0.25) is 4.90 Å². The molecule has 0 unspecified atom stereocenters. The highest BCUT2D eigenvalue weighted by Gasteiger charge is 2.35. The van der Waals surface area contributed by atoms with E-state index in [1.54, 1.807) is 16.8 Å². The highest BCUT2D eigenvalue weighted by molar-refractivity contribution is 5.87. The molecule has 1 aliphatic heterocycles. The van der Waals surface area contributed by atoms with Crippen LogP contribution in [0, 0.1) is 0 Å². The first-order valence-electron chi connectivity index (χ1n) is 13.0. The molecule has 3 aliphatic rings. The summed E-state index contributed by atoms with van der Waals surface area (Å²) in [6.07, 6.45) is 10.4. The van der Waals surface area contributed by atoms with Gasteiger partial charge in [0, 0.05) is 42.8 Å². The molecular formula is C27H41N3O. The standard InChI is InChI=1S/C27H41N3O/c1-3-28(4-2)18-22(31)19-29-15-16-30-25-14-13-21(20-9-6-5-7-10-20)17-24(25)23-11-8-12-26(29)27(23)30/h13-14,17,20,22,26,31H,3-12,15-16,18-19H2,1-2H3/t22-,26+/m1/s1. The topological polar surface area (TPSA) is 31.6 Å². The van der Waals surface area contributed by atoms with Crippen molar-refractivity contribution in [3.05, 3.63) is 35.0 Å². The van der Waals surface area contributed by atoms with Gasteiger partial charge in [0.15, 0.2) is 0 Å². The number of hydrogen-bond donors (Lipinski definition) is 1. The van der Waals surface area contributed by atoms with E-state index in [9.17, 15) is 5.11 Å². The van der Waals surface area contributed by atoms with Crippen molar-refractivity contribution in [2.75, 3.05) is 32.7 Å². The number of hydrogen-bond acceptors (Lipinski definition) is 3. The molecule has 170 valence electrons. The molecule has 0 bridgehead atoms. The van der Waals surface area contributed by atoms with Crippen LogP contribution in [0.5, 0.6) is 0 Å². The third-order valence-corrected chi connectivity index (χ3v) is 8.39. The summed E-state index contributed by atoms with van der Waals surface area (Å²) in [5, 5.41) is 12.3. The van der Waals surface area contributed by atoms with Crippen molar-refractivity contribution < 1.29 is 5.11 Å². The Morgan fingerprint density at radius 3 is 2.61 bits per heavy atom. The zero-order chi connectivity index (χ0) is 21.4. The van der Waals surface area contributed by atoms with Gasteiger partial charge in [-0.05, 0) is 74.4 Å². The molecule has 2 aliphatic carbocycles. The molecule has 5 rings (SSSR count). The number of benzene rings is 1. The van der Waals surface area contributed by atoms with Gasteiger partial charge in [0.1, 0.15) is 0 Å². The third kappa shape index (κ3) is 4.07. The fourth-order valence-corrected chi connectivity index (χ4v) is 6.71. The Balaban J connectivity index is 1.42. The van der Waals surface area contributed by atoms with E-state index < -0.39 is 0 Å². The zero-order valence-corrected chi connectivity index (χ0v) is 19.7. The van der Waals surface area contributed by atoms with Crippen LogP contribution in [0.3, 0.4) is 0 Å². The Bertz CT molecular complexity index is 894. The maximum atomic E-state index is 10.8. The van der Waals surface area contributed by atoms with Crippen LogP contribution in [0.1, 0.15) is 87.6 Å². The van der Waals surface area contributed by atoms with Crippen molar-refractivity contribution in [1.82, 2.24) is 14.4 Å². The molecule has 1 fully saturated rings. The molecule has 0 amide bonds.